The van der Waals surface area contributed by atoms with Crippen LogP contribution in [0.4, 0.5) is 10.5 Å². The third-order valence-electron chi connectivity index (χ3n) is 2.34. The van der Waals surface area contributed by atoms with Crippen molar-refractivity contribution in [2.24, 2.45) is 0 Å². The molecule has 0 radical (unpaired) electrons. The molecule has 0 fully saturated rings. The van der Waals surface area contributed by atoms with Crippen LogP contribution in [0.2, 0.25) is 0 Å². The second kappa shape index (κ2) is 6.34. The third-order valence-corrected chi connectivity index (χ3v) is 3.66. The minimum absolute atomic E-state index is 0.122. The Labute approximate surface area is 110 Å². The molecule has 0 aliphatic carbocycles. The molecule has 0 spiro atoms. The topological polar surface area (TPSA) is 111 Å². The number of carbonyl (C=O) groups is 1. The van der Waals surface area contributed by atoms with Gasteiger partial charge in [0.15, 0.2) is 0 Å². The lowest BCUT2D eigenvalue weighted by molar-refractivity contribution is 0.251. The summed E-state index contributed by atoms with van der Waals surface area (Å²) in [6, 6.07) is 2.47. The van der Waals surface area contributed by atoms with Crippen LogP contribution in [0.5, 0.6) is 0 Å². The van der Waals surface area contributed by atoms with Crippen molar-refractivity contribution in [1.82, 2.24) is 14.6 Å². The van der Waals surface area contributed by atoms with Gasteiger partial charge in [0.25, 0.3) is 5.56 Å². The number of amides is 2. The molecule has 1 aromatic heterocycles. The van der Waals surface area contributed by atoms with Crippen molar-refractivity contribution in [3.05, 3.63) is 28.7 Å². The van der Waals surface area contributed by atoms with Gasteiger partial charge in [0.05, 0.1) is 6.26 Å². The molecule has 1 aromatic rings. The Morgan fingerprint density at radius 3 is 2.74 bits per heavy atom. The highest BCUT2D eigenvalue weighted by atomic mass is 32.2. The molecule has 0 saturated heterocycles. The van der Waals surface area contributed by atoms with Crippen LogP contribution in [0.3, 0.4) is 0 Å². The number of H-pyrrole nitrogens is 1. The van der Waals surface area contributed by atoms with Crippen LogP contribution in [0, 0.1) is 0 Å². The highest BCUT2D eigenvalue weighted by Gasteiger charge is 2.10. The fraction of sp³-hybridized carbons (Fsp3) is 0.400. The van der Waals surface area contributed by atoms with E-state index in [2.05, 4.69) is 15.6 Å². The maximum Gasteiger partial charge on any atom is 0.319 e. The van der Waals surface area contributed by atoms with Gasteiger partial charge < -0.3 is 15.6 Å². The van der Waals surface area contributed by atoms with Crippen molar-refractivity contribution in [2.75, 3.05) is 31.7 Å². The number of carbonyl (C=O) groups excluding carboxylic acids is 1. The average Bonchev–Trinajstić information content (AvgIpc) is 2.31. The molecular weight excluding hydrogens is 272 g/mol. The van der Waals surface area contributed by atoms with Gasteiger partial charge in [0.1, 0.15) is 5.69 Å². The number of nitrogens with zero attached hydrogens (tertiary/aromatic N) is 1. The summed E-state index contributed by atoms with van der Waals surface area (Å²) >= 11 is 0. The molecule has 0 aliphatic heterocycles. The zero-order valence-electron chi connectivity index (χ0n) is 10.6. The van der Waals surface area contributed by atoms with E-state index in [0.717, 1.165) is 10.6 Å². The van der Waals surface area contributed by atoms with E-state index in [1.54, 1.807) is 6.07 Å². The number of aromatic nitrogens is 1. The Morgan fingerprint density at radius 1 is 1.47 bits per heavy atom. The van der Waals surface area contributed by atoms with Gasteiger partial charge >= 0.3 is 6.03 Å². The number of likely N-dealkylation sites (N-methyl/N-ethyl adjacent to an activating group) is 1. The maximum absolute atomic E-state index is 11.5. The van der Waals surface area contributed by atoms with Gasteiger partial charge in [-0.2, -0.15) is 0 Å². The quantitative estimate of drug-likeness (QED) is 0.671. The molecule has 0 bridgehead atoms. The van der Waals surface area contributed by atoms with Gasteiger partial charge in [0.2, 0.25) is 10.0 Å². The molecule has 0 aliphatic rings. The van der Waals surface area contributed by atoms with E-state index >= 15 is 0 Å². The number of rotatable bonds is 5. The first kappa shape index (κ1) is 15.2. The second-order valence-corrected chi connectivity index (χ2v) is 5.97. The lowest BCUT2D eigenvalue weighted by Crippen LogP contribution is -2.38. The molecule has 0 saturated carbocycles. The molecule has 19 heavy (non-hydrogen) atoms. The largest absolute Gasteiger partial charge is 0.337 e. The van der Waals surface area contributed by atoms with Crippen LogP contribution in [-0.4, -0.2) is 50.1 Å². The molecule has 1 rings (SSSR count). The van der Waals surface area contributed by atoms with E-state index < -0.39 is 21.6 Å². The molecule has 2 amide bonds. The Bertz CT molecular complexity index is 596. The molecule has 106 valence electrons. The normalized spacial score (nSPS) is 11.3. The summed E-state index contributed by atoms with van der Waals surface area (Å²) in [7, 11) is -1.85. The monoisotopic (exact) mass is 288 g/mol. The maximum atomic E-state index is 11.5. The second-order valence-electron chi connectivity index (χ2n) is 3.88. The van der Waals surface area contributed by atoms with Crippen molar-refractivity contribution >= 4 is 21.7 Å². The predicted molar refractivity (Wildman–Crippen MR) is 71.6 cm³/mol. The van der Waals surface area contributed by atoms with Gasteiger partial charge in [-0.15, -0.1) is 0 Å². The molecule has 0 atom stereocenters. The first-order valence-electron chi connectivity index (χ1n) is 5.44. The molecule has 0 unspecified atom stereocenters. The van der Waals surface area contributed by atoms with E-state index in [9.17, 15) is 18.0 Å². The fourth-order valence-electron chi connectivity index (χ4n) is 1.18. The summed E-state index contributed by atoms with van der Waals surface area (Å²) in [4.78, 5) is 25.1. The van der Waals surface area contributed by atoms with Gasteiger partial charge in [0, 0.05) is 26.3 Å². The van der Waals surface area contributed by atoms with Gasteiger partial charge in [-0.05, 0) is 12.1 Å². The highest BCUT2D eigenvalue weighted by Crippen LogP contribution is 1.95. The number of anilines is 1. The summed E-state index contributed by atoms with van der Waals surface area (Å²) in [5.74, 6) is 0. The van der Waals surface area contributed by atoms with Crippen LogP contribution in [0.15, 0.2) is 23.1 Å². The number of sulfonamides is 1. The van der Waals surface area contributed by atoms with E-state index in [0.29, 0.717) is 0 Å². The standard InChI is InChI=1S/C10H16N4O4S/c1-14(19(2,17)18)7-6-12-10(16)13-8-4-3-5-11-9(8)15/h3-5H,6-7H2,1-2H3,(H,11,15)(H2,12,13,16). The van der Waals surface area contributed by atoms with Crippen LogP contribution in [0.1, 0.15) is 0 Å². The summed E-state index contributed by atoms with van der Waals surface area (Å²) < 4.78 is 23.3. The van der Waals surface area contributed by atoms with Crippen molar-refractivity contribution in [3.63, 3.8) is 0 Å². The summed E-state index contributed by atoms with van der Waals surface area (Å²) in [6.45, 7) is 0.289. The molecule has 0 aromatic carbocycles. The number of nitrogens with one attached hydrogen (secondary N) is 3. The number of hydrogen-bond donors (Lipinski definition) is 3. The fourth-order valence-corrected chi connectivity index (χ4v) is 1.60. The summed E-state index contributed by atoms with van der Waals surface area (Å²) in [5, 5.41) is 4.81. The SMILES string of the molecule is CN(CCNC(=O)Nc1ccc[nH]c1=O)S(C)(=O)=O. The van der Waals surface area contributed by atoms with Crippen LogP contribution in [-0.2, 0) is 10.0 Å². The molecule has 9 heteroatoms. The van der Waals surface area contributed by atoms with E-state index in [-0.39, 0.29) is 18.8 Å². The predicted octanol–water partition coefficient (Wildman–Crippen LogP) is -0.612. The van der Waals surface area contributed by atoms with Crippen LogP contribution < -0.4 is 16.2 Å². The highest BCUT2D eigenvalue weighted by molar-refractivity contribution is 7.88. The van der Waals surface area contributed by atoms with Gasteiger partial charge in [-0.1, -0.05) is 0 Å². The lowest BCUT2D eigenvalue weighted by Gasteiger charge is -2.14. The van der Waals surface area contributed by atoms with Crippen molar-refractivity contribution < 1.29 is 13.2 Å². The van der Waals surface area contributed by atoms with E-state index in [1.165, 1.54) is 19.3 Å². The van der Waals surface area contributed by atoms with E-state index in [4.69, 9.17) is 0 Å². The van der Waals surface area contributed by atoms with Crippen LogP contribution in [0.25, 0.3) is 0 Å². The number of aromatic amines is 1. The lowest BCUT2D eigenvalue weighted by atomic mass is 10.4. The van der Waals surface area contributed by atoms with Gasteiger partial charge in [-0.3, -0.25) is 4.79 Å². The smallest absolute Gasteiger partial charge is 0.319 e. The molecule has 8 nitrogen and oxygen atoms in total. The number of urea groups is 1. The molecule has 1 heterocycles. The Balaban J connectivity index is 2.42. The van der Waals surface area contributed by atoms with Gasteiger partial charge in [-0.25, -0.2) is 17.5 Å². The minimum atomic E-state index is -3.26. The minimum Gasteiger partial charge on any atom is -0.337 e. The first-order valence-corrected chi connectivity index (χ1v) is 7.29. The Morgan fingerprint density at radius 2 is 2.16 bits per heavy atom. The zero-order valence-corrected chi connectivity index (χ0v) is 11.5. The number of pyridine rings is 1. The third kappa shape index (κ3) is 5.10. The van der Waals surface area contributed by atoms with Crippen molar-refractivity contribution in [2.45, 2.75) is 0 Å². The summed E-state index contributed by atoms with van der Waals surface area (Å²) in [6.07, 6.45) is 2.53. The Kier molecular flexibility index (Phi) is 5.07. The molecule has 3 N–H and O–H groups in total. The van der Waals surface area contributed by atoms with Crippen molar-refractivity contribution in [1.29, 1.82) is 0 Å². The molecular formula is C10H16N4O4S. The van der Waals surface area contributed by atoms with Crippen LogP contribution >= 0.6 is 0 Å². The van der Waals surface area contributed by atoms with E-state index in [1.807, 2.05) is 0 Å². The summed E-state index contributed by atoms with van der Waals surface area (Å²) in [5.41, 5.74) is -0.289. The first-order chi connectivity index (χ1) is 8.80. The zero-order chi connectivity index (χ0) is 14.5. The number of hydrogen-bond acceptors (Lipinski definition) is 4. The Hall–Kier alpha value is -1.87. The van der Waals surface area contributed by atoms with Crippen molar-refractivity contribution in [3.8, 4) is 0 Å². The average molecular weight is 288 g/mol.